The van der Waals surface area contributed by atoms with Crippen LogP contribution in [0.2, 0.25) is 0 Å². The van der Waals surface area contributed by atoms with Crippen molar-refractivity contribution < 1.29 is 14.6 Å². The Labute approximate surface area is 92.1 Å². The summed E-state index contributed by atoms with van der Waals surface area (Å²) >= 11 is 0. The average Bonchev–Trinajstić information content (AvgIpc) is 2.27. The first kappa shape index (κ1) is 12.7. The summed E-state index contributed by atoms with van der Waals surface area (Å²) in [4.78, 5) is 22.5. The summed E-state index contributed by atoms with van der Waals surface area (Å²) < 4.78 is 0. The van der Waals surface area contributed by atoms with Crippen LogP contribution in [0.15, 0.2) is 0 Å². The standard InChI is InChI=1S/C12H22O3/c1-11(2,3)14-15-12(4)9-7-5-6-8-10(12)13/h5-9H2,1-4H3. The first-order valence-corrected chi connectivity index (χ1v) is 5.74. The molecule has 0 bridgehead atoms. The zero-order valence-corrected chi connectivity index (χ0v) is 10.3. The van der Waals surface area contributed by atoms with Gasteiger partial charge < -0.3 is 0 Å². The minimum Gasteiger partial charge on any atom is -0.296 e. The summed E-state index contributed by atoms with van der Waals surface area (Å²) in [6.45, 7) is 7.58. The van der Waals surface area contributed by atoms with Crippen LogP contribution in [0, 0.1) is 0 Å². The van der Waals surface area contributed by atoms with Gasteiger partial charge in [0.25, 0.3) is 0 Å². The van der Waals surface area contributed by atoms with E-state index < -0.39 is 5.60 Å². The van der Waals surface area contributed by atoms with Gasteiger partial charge in [-0.25, -0.2) is 9.78 Å². The first-order valence-electron chi connectivity index (χ1n) is 5.74. The van der Waals surface area contributed by atoms with E-state index in [-0.39, 0.29) is 11.4 Å². The van der Waals surface area contributed by atoms with Gasteiger partial charge in [0, 0.05) is 6.42 Å². The zero-order chi connectivity index (χ0) is 11.5. The molecule has 1 fully saturated rings. The van der Waals surface area contributed by atoms with E-state index in [9.17, 15) is 4.79 Å². The second kappa shape index (κ2) is 4.62. The highest BCUT2D eigenvalue weighted by Gasteiger charge is 2.37. The van der Waals surface area contributed by atoms with Crippen molar-refractivity contribution in [2.75, 3.05) is 0 Å². The van der Waals surface area contributed by atoms with Gasteiger partial charge in [-0.15, -0.1) is 0 Å². The van der Waals surface area contributed by atoms with Crippen molar-refractivity contribution in [1.82, 2.24) is 0 Å². The number of rotatable bonds is 2. The SMILES string of the molecule is CC(C)(C)OOC1(C)CCCCCC1=O. The largest absolute Gasteiger partial charge is 0.296 e. The van der Waals surface area contributed by atoms with E-state index in [0.29, 0.717) is 6.42 Å². The Morgan fingerprint density at radius 2 is 1.87 bits per heavy atom. The van der Waals surface area contributed by atoms with Crippen LogP contribution >= 0.6 is 0 Å². The van der Waals surface area contributed by atoms with Crippen LogP contribution in [0.25, 0.3) is 0 Å². The molecule has 0 heterocycles. The van der Waals surface area contributed by atoms with Crippen molar-refractivity contribution in [1.29, 1.82) is 0 Å². The van der Waals surface area contributed by atoms with E-state index >= 15 is 0 Å². The second-order valence-corrected chi connectivity index (χ2v) is 5.49. The van der Waals surface area contributed by atoms with Crippen molar-refractivity contribution >= 4 is 5.78 Å². The zero-order valence-electron chi connectivity index (χ0n) is 10.3. The molecule has 3 nitrogen and oxygen atoms in total. The molecule has 1 unspecified atom stereocenters. The summed E-state index contributed by atoms with van der Waals surface area (Å²) in [6, 6.07) is 0. The highest BCUT2D eigenvalue weighted by atomic mass is 17.2. The highest BCUT2D eigenvalue weighted by molar-refractivity contribution is 5.87. The Morgan fingerprint density at radius 1 is 1.20 bits per heavy atom. The smallest absolute Gasteiger partial charge is 0.167 e. The lowest BCUT2D eigenvalue weighted by atomic mass is 9.96. The minimum absolute atomic E-state index is 0.171. The van der Waals surface area contributed by atoms with Crippen LogP contribution in [0.5, 0.6) is 0 Å². The summed E-state index contributed by atoms with van der Waals surface area (Å²) in [6.07, 6.45) is 4.51. The Hall–Kier alpha value is -0.410. The fourth-order valence-corrected chi connectivity index (χ4v) is 1.63. The molecule has 0 amide bonds. The summed E-state index contributed by atoms with van der Waals surface area (Å²) in [5, 5.41) is 0. The fraction of sp³-hybridized carbons (Fsp3) is 0.917. The maximum Gasteiger partial charge on any atom is 0.167 e. The fourth-order valence-electron chi connectivity index (χ4n) is 1.63. The quantitative estimate of drug-likeness (QED) is 0.402. The second-order valence-electron chi connectivity index (χ2n) is 5.49. The number of hydrogen-bond donors (Lipinski definition) is 0. The van der Waals surface area contributed by atoms with Crippen LogP contribution in [-0.4, -0.2) is 17.0 Å². The predicted octanol–water partition coefficient (Wildman–Crippen LogP) is 3.03. The number of carbonyl (C=O) groups excluding carboxylic acids is 1. The summed E-state index contributed by atoms with van der Waals surface area (Å²) in [7, 11) is 0. The van der Waals surface area contributed by atoms with Gasteiger partial charge >= 0.3 is 0 Å². The van der Waals surface area contributed by atoms with Gasteiger partial charge in [0.05, 0.1) is 5.60 Å². The lowest BCUT2D eigenvalue weighted by molar-refractivity contribution is -0.391. The molecule has 0 spiro atoms. The van der Waals surface area contributed by atoms with Crippen LogP contribution in [0.1, 0.15) is 59.8 Å². The molecule has 88 valence electrons. The van der Waals surface area contributed by atoms with E-state index in [1.807, 2.05) is 27.7 Å². The van der Waals surface area contributed by atoms with E-state index in [1.165, 1.54) is 0 Å². The molecule has 0 aromatic heterocycles. The molecule has 3 heteroatoms. The van der Waals surface area contributed by atoms with Crippen molar-refractivity contribution in [3.8, 4) is 0 Å². The van der Waals surface area contributed by atoms with Gasteiger partial charge in [0.15, 0.2) is 11.4 Å². The first-order chi connectivity index (χ1) is 6.83. The third-order valence-electron chi connectivity index (χ3n) is 2.62. The molecule has 0 N–H and O–H groups in total. The molecule has 1 aliphatic carbocycles. The van der Waals surface area contributed by atoms with Gasteiger partial charge in [-0.3, -0.25) is 4.79 Å². The number of Topliss-reactive ketones (excluding diaryl/α,β-unsaturated/α-hetero) is 1. The van der Waals surface area contributed by atoms with E-state index in [2.05, 4.69) is 0 Å². The predicted molar refractivity (Wildman–Crippen MR) is 58.4 cm³/mol. The minimum atomic E-state index is -0.732. The molecule has 1 aliphatic rings. The monoisotopic (exact) mass is 214 g/mol. The van der Waals surface area contributed by atoms with Crippen molar-refractivity contribution in [2.24, 2.45) is 0 Å². The third-order valence-corrected chi connectivity index (χ3v) is 2.62. The molecule has 1 saturated carbocycles. The number of hydrogen-bond acceptors (Lipinski definition) is 3. The molecule has 0 aromatic carbocycles. The van der Waals surface area contributed by atoms with Crippen LogP contribution in [0.3, 0.4) is 0 Å². The maximum atomic E-state index is 11.8. The van der Waals surface area contributed by atoms with Crippen molar-refractivity contribution in [3.63, 3.8) is 0 Å². The number of ketones is 1. The lowest BCUT2D eigenvalue weighted by Gasteiger charge is -2.29. The Morgan fingerprint density at radius 3 is 2.47 bits per heavy atom. The Balaban J connectivity index is 2.58. The molecule has 0 saturated heterocycles. The van der Waals surface area contributed by atoms with Gasteiger partial charge in [-0.05, 0) is 47.0 Å². The van der Waals surface area contributed by atoms with Crippen LogP contribution in [-0.2, 0) is 14.6 Å². The van der Waals surface area contributed by atoms with Crippen molar-refractivity contribution in [2.45, 2.75) is 71.0 Å². The van der Waals surface area contributed by atoms with E-state index in [1.54, 1.807) is 0 Å². The van der Waals surface area contributed by atoms with Gasteiger partial charge in [-0.1, -0.05) is 6.42 Å². The van der Waals surface area contributed by atoms with E-state index in [4.69, 9.17) is 9.78 Å². The summed E-state index contributed by atoms with van der Waals surface area (Å²) in [5.41, 5.74) is -1.10. The Kier molecular flexibility index (Phi) is 3.90. The average molecular weight is 214 g/mol. The van der Waals surface area contributed by atoms with Crippen LogP contribution < -0.4 is 0 Å². The molecular formula is C12H22O3. The maximum absolute atomic E-state index is 11.8. The third kappa shape index (κ3) is 3.92. The van der Waals surface area contributed by atoms with Gasteiger partial charge in [-0.2, -0.15) is 0 Å². The normalized spacial score (nSPS) is 28.9. The van der Waals surface area contributed by atoms with Crippen LogP contribution in [0.4, 0.5) is 0 Å². The Bertz CT molecular complexity index is 230. The molecule has 0 aliphatic heterocycles. The van der Waals surface area contributed by atoms with Crippen molar-refractivity contribution in [3.05, 3.63) is 0 Å². The molecule has 1 rings (SSSR count). The van der Waals surface area contributed by atoms with Gasteiger partial charge in [0.1, 0.15) is 0 Å². The molecule has 0 radical (unpaired) electrons. The lowest BCUT2D eigenvalue weighted by Crippen LogP contribution is -2.40. The summed E-state index contributed by atoms with van der Waals surface area (Å²) in [5.74, 6) is 0.171. The molecular weight excluding hydrogens is 192 g/mol. The number of carbonyl (C=O) groups is 1. The molecule has 1 atom stereocenters. The van der Waals surface area contributed by atoms with E-state index in [0.717, 1.165) is 25.7 Å². The topological polar surface area (TPSA) is 35.5 Å². The highest BCUT2D eigenvalue weighted by Crippen LogP contribution is 2.28. The molecule has 15 heavy (non-hydrogen) atoms. The van der Waals surface area contributed by atoms with Gasteiger partial charge in [0.2, 0.25) is 0 Å². The molecule has 0 aromatic rings.